The van der Waals surface area contributed by atoms with Gasteiger partial charge in [0.2, 0.25) is 0 Å². The Morgan fingerprint density at radius 3 is 2.83 bits per heavy atom. The molecule has 0 saturated heterocycles. The number of hydrogen-bond donors (Lipinski definition) is 1. The first-order valence-corrected chi connectivity index (χ1v) is 8.81. The Kier molecular flexibility index (Phi) is 4.11. The molecule has 0 aliphatic carbocycles. The van der Waals surface area contributed by atoms with E-state index >= 15 is 0 Å². The second-order valence-electron chi connectivity index (χ2n) is 5.38. The first kappa shape index (κ1) is 15.1. The van der Waals surface area contributed by atoms with E-state index in [2.05, 4.69) is 28.5 Å². The number of fused-ring (bicyclic) bond motifs is 2. The molecule has 0 aliphatic heterocycles. The summed E-state index contributed by atoms with van der Waals surface area (Å²) in [6.45, 7) is 0.336. The van der Waals surface area contributed by atoms with Crippen LogP contribution in [0, 0.1) is 0 Å². The third-order valence-electron chi connectivity index (χ3n) is 3.71. The van der Waals surface area contributed by atoms with Crippen molar-refractivity contribution in [1.29, 1.82) is 0 Å². The predicted molar refractivity (Wildman–Crippen MR) is 105 cm³/mol. The van der Waals surface area contributed by atoms with Crippen molar-refractivity contribution in [2.75, 3.05) is 11.9 Å². The number of ether oxygens (including phenoxy) is 1. The van der Waals surface area contributed by atoms with Gasteiger partial charge in [0.15, 0.2) is 0 Å². The topological polar surface area (TPSA) is 34.1 Å². The van der Waals surface area contributed by atoms with E-state index in [-0.39, 0.29) is 0 Å². The largest absolute Gasteiger partial charge is 0.486 e. The fourth-order valence-electron chi connectivity index (χ4n) is 2.54. The third kappa shape index (κ3) is 3.22. The van der Waals surface area contributed by atoms with Gasteiger partial charge in [-0.1, -0.05) is 42.5 Å². The average molecular weight is 350 g/mol. The minimum absolute atomic E-state index is 0.336. The molecule has 0 aliphatic rings. The van der Waals surface area contributed by atoms with Crippen LogP contribution >= 0.6 is 23.6 Å². The van der Waals surface area contributed by atoms with Crippen molar-refractivity contribution in [2.45, 2.75) is 0 Å². The molecule has 24 heavy (non-hydrogen) atoms. The van der Waals surface area contributed by atoms with E-state index in [1.165, 1.54) is 10.1 Å². The third-order valence-corrected chi connectivity index (χ3v) is 4.73. The van der Waals surface area contributed by atoms with Gasteiger partial charge in [-0.15, -0.1) is 11.3 Å². The number of aromatic nitrogens is 1. The van der Waals surface area contributed by atoms with Crippen molar-refractivity contribution >= 4 is 55.2 Å². The molecule has 1 aromatic heterocycles. The summed E-state index contributed by atoms with van der Waals surface area (Å²) >= 11 is 7.01. The molecule has 1 N–H and O–H groups in total. The monoisotopic (exact) mass is 350 g/mol. The highest BCUT2D eigenvalue weighted by atomic mass is 32.1. The Labute approximate surface area is 148 Å². The van der Waals surface area contributed by atoms with Crippen LogP contribution in [0.1, 0.15) is 0 Å². The summed E-state index contributed by atoms with van der Waals surface area (Å²) in [4.78, 5) is 4.95. The first-order chi connectivity index (χ1) is 11.8. The zero-order valence-corrected chi connectivity index (χ0v) is 14.4. The molecule has 0 radical (unpaired) electrons. The molecule has 0 unspecified atom stereocenters. The molecule has 0 atom stereocenters. The maximum atomic E-state index is 5.80. The molecular formula is C19H14N2OS2. The lowest BCUT2D eigenvalue weighted by Crippen LogP contribution is -2.18. The van der Waals surface area contributed by atoms with E-state index in [0.29, 0.717) is 11.6 Å². The summed E-state index contributed by atoms with van der Waals surface area (Å²) in [6.07, 6.45) is 0. The van der Waals surface area contributed by atoms with Gasteiger partial charge in [0.05, 0.1) is 15.7 Å². The summed E-state index contributed by atoms with van der Waals surface area (Å²) < 4.78 is 6.97. The van der Waals surface area contributed by atoms with Crippen LogP contribution in [0.3, 0.4) is 0 Å². The van der Waals surface area contributed by atoms with E-state index in [0.717, 1.165) is 22.3 Å². The maximum Gasteiger partial charge on any atom is 0.138 e. The SMILES string of the molecule is S=C(COc1ccc2ccccc2c1)Nc1ccc2scnc2c1. The van der Waals surface area contributed by atoms with E-state index in [4.69, 9.17) is 17.0 Å². The number of nitrogens with one attached hydrogen (secondary N) is 1. The number of nitrogens with zero attached hydrogens (tertiary/aromatic N) is 1. The van der Waals surface area contributed by atoms with E-state index in [1.807, 2.05) is 48.0 Å². The molecule has 0 fully saturated rings. The quantitative estimate of drug-likeness (QED) is 0.509. The van der Waals surface area contributed by atoms with Crippen molar-refractivity contribution in [3.63, 3.8) is 0 Å². The first-order valence-electron chi connectivity index (χ1n) is 7.53. The zero-order valence-electron chi connectivity index (χ0n) is 12.7. The van der Waals surface area contributed by atoms with Gasteiger partial charge in [-0.2, -0.15) is 0 Å². The smallest absolute Gasteiger partial charge is 0.138 e. The van der Waals surface area contributed by atoms with E-state index < -0.39 is 0 Å². The molecule has 118 valence electrons. The summed E-state index contributed by atoms with van der Waals surface area (Å²) in [5.74, 6) is 0.813. The number of benzene rings is 3. The maximum absolute atomic E-state index is 5.80. The Morgan fingerprint density at radius 2 is 1.92 bits per heavy atom. The highest BCUT2D eigenvalue weighted by molar-refractivity contribution is 7.80. The van der Waals surface area contributed by atoms with Crippen molar-refractivity contribution < 1.29 is 4.74 Å². The van der Waals surface area contributed by atoms with Crippen molar-refractivity contribution in [3.8, 4) is 5.75 Å². The fourth-order valence-corrected chi connectivity index (χ4v) is 3.37. The van der Waals surface area contributed by atoms with Crippen LogP contribution in [-0.4, -0.2) is 16.6 Å². The lowest BCUT2D eigenvalue weighted by molar-refractivity contribution is 0.379. The van der Waals surface area contributed by atoms with Crippen LogP contribution in [-0.2, 0) is 0 Å². The lowest BCUT2D eigenvalue weighted by Gasteiger charge is -2.10. The lowest BCUT2D eigenvalue weighted by atomic mass is 10.1. The van der Waals surface area contributed by atoms with E-state index in [1.54, 1.807) is 11.3 Å². The number of hydrogen-bond acceptors (Lipinski definition) is 4. The normalized spacial score (nSPS) is 10.8. The Bertz CT molecular complexity index is 1030. The Morgan fingerprint density at radius 1 is 1.04 bits per heavy atom. The molecule has 4 rings (SSSR count). The number of anilines is 1. The summed E-state index contributed by atoms with van der Waals surface area (Å²) in [7, 11) is 0. The van der Waals surface area contributed by atoms with Crippen LogP contribution < -0.4 is 10.1 Å². The standard InChI is InChI=1S/C19H14N2OS2/c23-19(21-15-6-8-18-17(10-15)20-12-24-18)11-22-16-7-5-13-3-1-2-4-14(13)9-16/h1-10,12H,11H2,(H,21,23). The highest BCUT2D eigenvalue weighted by Gasteiger charge is 2.03. The molecular weight excluding hydrogens is 336 g/mol. The number of thiocarbonyl (C=S) groups is 1. The molecule has 3 nitrogen and oxygen atoms in total. The van der Waals surface area contributed by atoms with Crippen molar-refractivity contribution in [2.24, 2.45) is 0 Å². The van der Waals surface area contributed by atoms with Crippen LogP contribution in [0.5, 0.6) is 5.75 Å². The molecule has 0 saturated carbocycles. The Balaban J connectivity index is 1.41. The van der Waals surface area contributed by atoms with Crippen LogP contribution in [0.25, 0.3) is 21.0 Å². The van der Waals surface area contributed by atoms with Crippen LogP contribution in [0.2, 0.25) is 0 Å². The predicted octanol–water partition coefficient (Wildman–Crippen LogP) is 5.27. The number of rotatable bonds is 4. The fraction of sp³-hybridized carbons (Fsp3) is 0.0526. The van der Waals surface area contributed by atoms with Gasteiger partial charge in [-0.3, -0.25) is 0 Å². The van der Waals surface area contributed by atoms with Gasteiger partial charge in [-0.05, 0) is 41.1 Å². The molecule has 5 heteroatoms. The van der Waals surface area contributed by atoms with Crippen LogP contribution in [0.4, 0.5) is 5.69 Å². The molecule has 0 spiro atoms. The highest BCUT2D eigenvalue weighted by Crippen LogP contribution is 2.22. The summed E-state index contributed by atoms with van der Waals surface area (Å²) in [5.41, 5.74) is 3.75. The summed E-state index contributed by atoms with van der Waals surface area (Å²) in [6, 6.07) is 20.3. The van der Waals surface area contributed by atoms with Gasteiger partial charge in [0.1, 0.15) is 17.3 Å². The molecule has 0 bridgehead atoms. The van der Waals surface area contributed by atoms with Gasteiger partial charge in [-0.25, -0.2) is 4.98 Å². The zero-order chi connectivity index (χ0) is 16.4. The minimum atomic E-state index is 0.336. The molecule has 1 heterocycles. The molecule has 4 aromatic rings. The van der Waals surface area contributed by atoms with Gasteiger partial charge >= 0.3 is 0 Å². The van der Waals surface area contributed by atoms with Gasteiger partial charge in [0, 0.05) is 5.69 Å². The van der Waals surface area contributed by atoms with Gasteiger partial charge < -0.3 is 10.1 Å². The number of thiazole rings is 1. The minimum Gasteiger partial charge on any atom is -0.486 e. The summed E-state index contributed by atoms with van der Waals surface area (Å²) in [5, 5.41) is 5.55. The molecule has 0 amide bonds. The van der Waals surface area contributed by atoms with Crippen molar-refractivity contribution in [1.82, 2.24) is 4.98 Å². The van der Waals surface area contributed by atoms with E-state index in [9.17, 15) is 0 Å². The average Bonchev–Trinajstić information content (AvgIpc) is 3.07. The van der Waals surface area contributed by atoms with Crippen LogP contribution in [0.15, 0.2) is 66.2 Å². The Hall–Kier alpha value is -2.50. The molecule has 3 aromatic carbocycles. The van der Waals surface area contributed by atoms with Crippen molar-refractivity contribution in [3.05, 3.63) is 66.2 Å². The second-order valence-corrected chi connectivity index (χ2v) is 6.76. The van der Waals surface area contributed by atoms with Gasteiger partial charge in [0.25, 0.3) is 0 Å². The second kappa shape index (κ2) is 6.55.